The number of aliphatic hydroxyl groups excluding tert-OH is 1. The Morgan fingerprint density at radius 3 is 2.62 bits per heavy atom. The van der Waals surface area contributed by atoms with Crippen molar-refractivity contribution in [3.8, 4) is 0 Å². The lowest BCUT2D eigenvalue weighted by atomic mass is 9.94. The minimum Gasteiger partial charge on any atom is -0.467 e. The number of carbonyl (C=O) groups excluding carboxylic acids is 1. The number of carbonyl (C=O) groups is 1. The Morgan fingerprint density at radius 1 is 1.46 bits per heavy atom. The molecule has 0 bridgehead atoms. The van der Waals surface area contributed by atoms with Gasteiger partial charge in [0.25, 0.3) is 0 Å². The molecule has 1 aliphatic carbocycles. The Hall–Kier alpha value is -0.830. The number of allylic oxidation sites excluding steroid dienone is 1. The van der Waals surface area contributed by atoms with Crippen molar-refractivity contribution >= 4 is 5.97 Å². The fraction of sp³-hybridized carbons (Fsp3) is 0.700. The van der Waals surface area contributed by atoms with Crippen molar-refractivity contribution in [2.24, 2.45) is 0 Å². The lowest BCUT2D eigenvalue weighted by molar-refractivity contribution is -0.147. The Labute approximate surface area is 78.4 Å². The molecular formula is C10H16O3. The van der Waals surface area contributed by atoms with Crippen molar-refractivity contribution in [1.29, 1.82) is 0 Å². The molecule has 13 heavy (non-hydrogen) atoms. The van der Waals surface area contributed by atoms with Gasteiger partial charge in [-0.2, -0.15) is 0 Å². The largest absolute Gasteiger partial charge is 0.467 e. The van der Waals surface area contributed by atoms with E-state index in [0.717, 1.165) is 12.8 Å². The van der Waals surface area contributed by atoms with E-state index in [9.17, 15) is 9.90 Å². The molecule has 0 unspecified atom stereocenters. The van der Waals surface area contributed by atoms with E-state index in [0.29, 0.717) is 0 Å². The number of ether oxygens (including phenoxy) is 1. The third kappa shape index (κ3) is 3.19. The molecule has 1 fully saturated rings. The van der Waals surface area contributed by atoms with E-state index in [4.69, 9.17) is 0 Å². The normalized spacial score (nSPS) is 19.4. The Bertz CT molecular complexity index is 200. The molecule has 0 heterocycles. The highest BCUT2D eigenvalue weighted by Crippen LogP contribution is 2.23. The zero-order valence-electron chi connectivity index (χ0n) is 7.95. The van der Waals surface area contributed by atoms with Gasteiger partial charge in [0.15, 0.2) is 6.10 Å². The van der Waals surface area contributed by atoms with Crippen LogP contribution in [0.3, 0.4) is 0 Å². The first-order chi connectivity index (χ1) is 6.24. The summed E-state index contributed by atoms with van der Waals surface area (Å²) in [5.41, 5.74) is 1.18. The summed E-state index contributed by atoms with van der Waals surface area (Å²) in [5, 5.41) is 9.32. The van der Waals surface area contributed by atoms with E-state index in [2.05, 4.69) is 4.74 Å². The van der Waals surface area contributed by atoms with Crippen LogP contribution in [0.2, 0.25) is 0 Å². The highest BCUT2D eigenvalue weighted by molar-refractivity contribution is 5.76. The molecule has 0 aliphatic heterocycles. The summed E-state index contributed by atoms with van der Waals surface area (Å²) >= 11 is 0. The number of rotatable bonds is 2. The van der Waals surface area contributed by atoms with Crippen LogP contribution in [0.15, 0.2) is 11.6 Å². The Morgan fingerprint density at radius 2 is 2.08 bits per heavy atom. The van der Waals surface area contributed by atoms with Crippen molar-refractivity contribution < 1.29 is 14.6 Å². The van der Waals surface area contributed by atoms with Gasteiger partial charge in [-0.15, -0.1) is 0 Å². The maximum atomic E-state index is 10.9. The van der Waals surface area contributed by atoms with Gasteiger partial charge in [0.1, 0.15) is 0 Å². The van der Waals surface area contributed by atoms with Crippen LogP contribution >= 0.6 is 0 Å². The summed E-state index contributed by atoms with van der Waals surface area (Å²) in [5.74, 6) is -0.571. The van der Waals surface area contributed by atoms with Gasteiger partial charge >= 0.3 is 5.97 Å². The molecule has 1 atom stereocenters. The molecule has 0 aromatic rings. The van der Waals surface area contributed by atoms with Crippen molar-refractivity contribution in [2.45, 2.75) is 38.2 Å². The zero-order chi connectivity index (χ0) is 9.68. The summed E-state index contributed by atoms with van der Waals surface area (Å²) in [4.78, 5) is 10.9. The van der Waals surface area contributed by atoms with Crippen molar-refractivity contribution in [1.82, 2.24) is 0 Å². The predicted octanol–water partition coefficient (Wildman–Crippen LogP) is 1.41. The molecule has 1 N–H and O–H groups in total. The van der Waals surface area contributed by atoms with Crippen LogP contribution in [0.25, 0.3) is 0 Å². The first-order valence-electron chi connectivity index (χ1n) is 4.69. The Balaban J connectivity index is 2.47. The minimum atomic E-state index is -1.07. The van der Waals surface area contributed by atoms with E-state index in [-0.39, 0.29) is 0 Å². The molecule has 3 heteroatoms. The minimum absolute atomic E-state index is 0.571. The topological polar surface area (TPSA) is 46.5 Å². The molecule has 3 nitrogen and oxygen atoms in total. The highest BCUT2D eigenvalue weighted by Gasteiger charge is 2.14. The number of hydrogen-bond acceptors (Lipinski definition) is 3. The molecule has 0 amide bonds. The lowest BCUT2D eigenvalue weighted by Gasteiger charge is -2.14. The summed E-state index contributed by atoms with van der Waals surface area (Å²) in [6.07, 6.45) is 6.16. The third-order valence-electron chi connectivity index (χ3n) is 2.33. The molecule has 0 aromatic heterocycles. The summed E-state index contributed by atoms with van der Waals surface area (Å²) < 4.78 is 4.42. The molecule has 74 valence electrons. The highest BCUT2D eigenvalue weighted by atomic mass is 16.5. The van der Waals surface area contributed by atoms with Crippen LogP contribution in [-0.2, 0) is 9.53 Å². The first-order valence-corrected chi connectivity index (χ1v) is 4.69. The quantitative estimate of drug-likeness (QED) is 0.521. The van der Waals surface area contributed by atoms with Crippen LogP contribution < -0.4 is 0 Å². The molecule has 0 saturated heterocycles. The molecule has 0 aromatic carbocycles. The second kappa shape index (κ2) is 5.02. The smallest absolute Gasteiger partial charge is 0.338 e. The van der Waals surface area contributed by atoms with Gasteiger partial charge in [0.2, 0.25) is 0 Å². The number of methoxy groups -OCH3 is 1. The van der Waals surface area contributed by atoms with Crippen LogP contribution in [0.5, 0.6) is 0 Å². The number of aliphatic hydroxyl groups is 1. The average molecular weight is 184 g/mol. The zero-order valence-corrected chi connectivity index (χ0v) is 7.95. The molecule has 1 rings (SSSR count). The fourth-order valence-corrected chi connectivity index (χ4v) is 1.58. The number of hydrogen-bond donors (Lipinski definition) is 1. The van der Waals surface area contributed by atoms with Gasteiger partial charge < -0.3 is 9.84 Å². The maximum absolute atomic E-state index is 10.9. The van der Waals surface area contributed by atoms with Crippen molar-refractivity contribution in [3.63, 3.8) is 0 Å². The van der Waals surface area contributed by atoms with E-state index >= 15 is 0 Å². The van der Waals surface area contributed by atoms with Gasteiger partial charge in [-0.3, -0.25) is 0 Å². The Kier molecular flexibility index (Phi) is 3.96. The molecular weight excluding hydrogens is 168 g/mol. The van der Waals surface area contributed by atoms with Crippen LogP contribution in [-0.4, -0.2) is 24.3 Å². The lowest BCUT2D eigenvalue weighted by Crippen LogP contribution is -2.20. The maximum Gasteiger partial charge on any atom is 0.338 e. The summed E-state index contributed by atoms with van der Waals surface area (Å²) in [7, 11) is 1.28. The average Bonchev–Trinajstić information content (AvgIpc) is 2.18. The van der Waals surface area contributed by atoms with Crippen molar-refractivity contribution in [2.75, 3.05) is 7.11 Å². The van der Waals surface area contributed by atoms with Gasteiger partial charge in [-0.25, -0.2) is 4.79 Å². The molecule has 1 saturated carbocycles. The van der Waals surface area contributed by atoms with Gasteiger partial charge in [-0.1, -0.05) is 12.0 Å². The summed E-state index contributed by atoms with van der Waals surface area (Å²) in [6.45, 7) is 0. The molecule has 1 aliphatic rings. The van der Waals surface area contributed by atoms with Crippen molar-refractivity contribution in [3.05, 3.63) is 11.6 Å². The molecule has 0 radical (unpaired) electrons. The van der Waals surface area contributed by atoms with E-state index in [1.54, 1.807) is 6.08 Å². The second-order valence-electron chi connectivity index (χ2n) is 3.35. The van der Waals surface area contributed by atoms with Gasteiger partial charge in [0.05, 0.1) is 7.11 Å². The van der Waals surface area contributed by atoms with Crippen LogP contribution in [0.1, 0.15) is 32.1 Å². The first kappa shape index (κ1) is 10.3. The molecule has 0 spiro atoms. The van der Waals surface area contributed by atoms with Gasteiger partial charge in [0, 0.05) is 0 Å². The van der Waals surface area contributed by atoms with Crippen LogP contribution in [0.4, 0.5) is 0 Å². The third-order valence-corrected chi connectivity index (χ3v) is 2.33. The van der Waals surface area contributed by atoms with E-state index in [1.807, 2.05) is 0 Å². The van der Waals surface area contributed by atoms with E-state index < -0.39 is 12.1 Å². The van der Waals surface area contributed by atoms with E-state index in [1.165, 1.54) is 31.9 Å². The second-order valence-corrected chi connectivity index (χ2v) is 3.35. The summed E-state index contributed by atoms with van der Waals surface area (Å²) in [6, 6.07) is 0. The number of esters is 1. The van der Waals surface area contributed by atoms with Gasteiger partial charge in [-0.05, 0) is 31.8 Å². The standard InChI is InChI=1S/C10H16O3/c1-13-10(12)9(11)7-8-5-3-2-4-6-8/h7,9,11H,2-6H2,1H3/t9-/m0/s1. The fourth-order valence-electron chi connectivity index (χ4n) is 1.58. The monoisotopic (exact) mass is 184 g/mol. The SMILES string of the molecule is COC(=O)[C@@H](O)C=C1CCCCC1. The van der Waals surface area contributed by atoms with Crippen LogP contribution in [0, 0.1) is 0 Å². The predicted molar refractivity (Wildman–Crippen MR) is 49.2 cm³/mol.